The van der Waals surface area contributed by atoms with Crippen molar-refractivity contribution >= 4 is 0 Å². The minimum absolute atomic E-state index is 0.669. The van der Waals surface area contributed by atoms with Crippen LogP contribution in [0.15, 0.2) is 30.5 Å². The molecule has 1 aliphatic heterocycles. The highest BCUT2D eigenvalue weighted by Gasteiger charge is 2.19. The predicted octanol–water partition coefficient (Wildman–Crippen LogP) is 1.73. The Morgan fingerprint density at radius 2 is 2.17 bits per heavy atom. The van der Waals surface area contributed by atoms with Gasteiger partial charge in [-0.3, -0.25) is 0 Å². The molecule has 90 valence electrons. The summed E-state index contributed by atoms with van der Waals surface area (Å²) in [7, 11) is 2.11. The molecule has 1 aromatic heterocycles. The number of aromatic nitrogens is 2. The molecule has 0 spiro atoms. The van der Waals surface area contributed by atoms with Gasteiger partial charge in [0.1, 0.15) is 6.07 Å². The van der Waals surface area contributed by atoms with Crippen molar-refractivity contribution in [2.45, 2.75) is 13.0 Å². The first-order valence-electron chi connectivity index (χ1n) is 6.03. The molecule has 0 N–H and O–H groups in total. The molecule has 2 heterocycles. The summed E-state index contributed by atoms with van der Waals surface area (Å²) >= 11 is 0. The van der Waals surface area contributed by atoms with Crippen molar-refractivity contribution in [1.29, 1.82) is 5.26 Å². The lowest BCUT2D eigenvalue weighted by molar-refractivity contribution is 0.310. The molecule has 0 amide bonds. The topological polar surface area (TPSA) is 44.9 Å². The highest BCUT2D eigenvalue weighted by Crippen LogP contribution is 2.22. The van der Waals surface area contributed by atoms with E-state index in [1.807, 2.05) is 35.1 Å². The molecule has 2 aromatic rings. The van der Waals surface area contributed by atoms with Gasteiger partial charge in [0.05, 0.1) is 23.1 Å². The summed E-state index contributed by atoms with van der Waals surface area (Å²) in [5.41, 5.74) is 4.04. The van der Waals surface area contributed by atoms with Crippen molar-refractivity contribution in [2.75, 3.05) is 13.6 Å². The van der Waals surface area contributed by atoms with Crippen LogP contribution in [0.2, 0.25) is 0 Å². The van der Waals surface area contributed by atoms with Crippen LogP contribution >= 0.6 is 0 Å². The summed E-state index contributed by atoms with van der Waals surface area (Å²) in [6, 6.07) is 9.83. The van der Waals surface area contributed by atoms with Gasteiger partial charge in [0.15, 0.2) is 0 Å². The van der Waals surface area contributed by atoms with Crippen molar-refractivity contribution in [3.8, 4) is 11.8 Å². The average Bonchev–Trinajstić information content (AvgIpc) is 2.81. The van der Waals surface area contributed by atoms with Gasteiger partial charge in [0.2, 0.25) is 0 Å². The van der Waals surface area contributed by atoms with Crippen molar-refractivity contribution in [1.82, 2.24) is 14.7 Å². The van der Waals surface area contributed by atoms with E-state index in [1.165, 1.54) is 11.3 Å². The predicted molar refractivity (Wildman–Crippen MR) is 68.3 cm³/mol. The van der Waals surface area contributed by atoms with Crippen LogP contribution in [0.25, 0.3) is 5.69 Å². The van der Waals surface area contributed by atoms with E-state index in [1.54, 1.807) is 0 Å². The van der Waals surface area contributed by atoms with E-state index < -0.39 is 0 Å². The molecule has 0 fully saturated rings. The number of nitriles is 1. The number of para-hydroxylation sites is 1. The molecule has 0 atom stereocenters. The van der Waals surface area contributed by atoms with Gasteiger partial charge in [-0.05, 0) is 19.2 Å². The average molecular weight is 238 g/mol. The second-order valence-corrected chi connectivity index (χ2v) is 4.65. The largest absolute Gasteiger partial charge is 0.302 e. The van der Waals surface area contributed by atoms with E-state index in [9.17, 15) is 0 Å². The van der Waals surface area contributed by atoms with Crippen molar-refractivity contribution in [3.63, 3.8) is 0 Å². The van der Waals surface area contributed by atoms with Crippen molar-refractivity contribution in [3.05, 3.63) is 47.3 Å². The number of likely N-dealkylation sites (N-methyl/N-ethyl adjacent to an activating group) is 1. The Kier molecular flexibility index (Phi) is 2.62. The van der Waals surface area contributed by atoms with Crippen LogP contribution in [0, 0.1) is 11.3 Å². The summed E-state index contributed by atoms with van der Waals surface area (Å²) in [4.78, 5) is 2.28. The fraction of sp³-hybridized carbons (Fsp3) is 0.286. The van der Waals surface area contributed by atoms with Crippen LogP contribution in [0.5, 0.6) is 0 Å². The Morgan fingerprint density at radius 3 is 3.00 bits per heavy atom. The summed E-state index contributed by atoms with van der Waals surface area (Å²) in [6.45, 7) is 1.97. The van der Waals surface area contributed by atoms with Gasteiger partial charge in [0, 0.05) is 25.1 Å². The summed E-state index contributed by atoms with van der Waals surface area (Å²) in [5, 5.41) is 13.6. The third-order valence-corrected chi connectivity index (χ3v) is 3.38. The van der Waals surface area contributed by atoms with E-state index in [-0.39, 0.29) is 0 Å². The van der Waals surface area contributed by atoms with E-state index in [0.717, 1.165) is 25.2 Å². The fourth-order valence-corrected chi connectivity index (χ4v) is 2.43. The molecule has 1 aromatic carbocycles. The van der Waals surface area contributed by atoms with Gasteiger partial charge in [-0.2, -0.15) is 10.4 Å². The normalized spacial score (nSPS) is 15.1. The molecule has 1 aliphatic rings. The van der Waals surface area contributed by atoms with Crippen LogP contribution in [-0.2, 0) is 13.0 Å². The second-order valence-electron chi connectivity index (χ2n) is 4.65. The van der Waals surface area contributed by atoms with Gasteiger partial charge in [-0.25, -0.2) is 4.68 Å². The Labute approximate surface area is 106 Å². The zero-order chi connectivity index (χ0) is 12.5. The lowest BCUT2D eigenvalue weighted by atomic mass is 10.1. The molecular formula is C14H14N4. The zero-order valence-corrected chi connectivity index (χ0v) is 10.3. The summed E-state index contributed by atoms with van der Waals surface area (Å²) < 4.78 is 1.92. The van der Waals surface area contributed by atoms with Gasteiger partial charge in [-0.15, -0.1) is 0 Å². The third kappa shape index (κ3) is 1.69. The lowest BCUT2D eigenvalue weighted by Gasteiger charge is -2.23. The number of fused-ring (bicyclic) bond motifs is 1. The highest BCUT2D eigenvalue weighted by molar-refractivity contribution is 5.49. The first-order chi connectivity index (χ1) is 8.79. The van der Waals surface area contributed by atoms with Gasteiger partial charge in [-0.1, -0.05) is 12.1 Å². The molecule has 4 nitrogen and oxygen atoms in total. The monoisotopic (exact) mass is 238 g/mol. The molecule has 4 heteroatoms. The smallest absolute Gasteiger partial charge is 0.101 e. The minimum Gasteiger partial charge on any atom is -0.302 e. The Morgan fingerprint density at radius 1 is 1.33 bits per heavy atom. The number of nitrogens with zero attached hydrogens (tertiary/aromatic N) is 4. The van der Waals surface area contributed by atoms with Crippen LogP contribution in [0.4, 0.5) is 0 Å². The van der Waals surface area contributed by atoms with Crippen molar-refractivity contribution < 1.29 is 0 Å². The van der Waals surface area contributed by atoms with Gasteiger partial charge < -0.3 is 4.90 Å². The Bertz CT molecular complexity index is 621. The second kappa shape index (κ2) is 4.28. The van der Waals surface area contributed by atoms with Crippen LogP contribution < -0.4 is 0 Å². The molecule has 0 bridgehead atoms. The summed E-state index contributed by atoms with van der Waals surface area (Å²) in [6.07, 6.45) is 2.89. The SMILES string of the molecule is CN1CCc2c(cnn2-c2ccccc2C#N)C1. The standard InChI is InChI=1S/C14H14N4/c1-17-7-6-14-12(10-17)9-16-18(14)13-5-3-2-4-11(13)8-15/h2-5,9H,6-7,10H2,1H3. The van der Waals surface area contributed by atoms with Crippen LogP contribution in [-0.4, -0.2) is 28.3 Å². The zero-order valence-electron chi connectivity index (χ0n) is 10.3. The Balaban J connectivity index is 2.11. The molecular weight excluding hydrogens is 224 g/mol. The number of benzene rings is 1. The molecule has 18 heavy (non-hydrogen) atoms. The summed E-state index contributed by atoms with van der Waals surface area (Å²) in [5.74, 6) is 0. The van der Waals surface area contributed by atoms with E-state index >= 15 is 0 Å². The molecule has 0 aliphatic carbocycles. The highest BCUT2D eigenvalue weighted by atomic mass is 15.3. The molecule has 0 unspecified atom stereocenters. The lowest BCUT2D eigenvalue weighted by Crippen LogP contribution is -2.27. The van der Waals surface area contributed by atoms with E-state index in [0.29, 0.717) is 5.56 Å². The number of hydrogen-bond donors (Lipinski definition) is 0. The maximum absolute atomic E-state index is 9.16. The minimum atomic E-state index is 0.669. The molecule has 0 radical (unpaired) electrons. The maximum atomic E-state index is 9.16. The maximum Gasteiger partial charge on any atom is 0.101 e. The van der Waals surface area contributed by atoms with Gasteiger partial charge >= 0.3 is 0 Å². The van der Waals surface area contributed by atoms with Gasteiger partial charge in [0.25, 0.3) is 0 Å². The molecule has 0 saturated carbocycles. The Hall–Kier alpha value is -2.12. The van der Waals surface area contributed by atoms with E-state index in [4.69, 9.17) is 5.26 Å². The first kappa shape index (κ1) is 11.0. The number of hydrogen-bond acceptors (Lipinski definition) is 3. The van der Waals surface area contributed by atoms with E-state index in [2.05, 4.69) is 23.1 Å². The quantitative estimate of drug-likeness (QED) is 0.760. The fourth-order valence-electron chi connectivity index (χ4n) is 2.43. The number of rotatable bonds is 1. The molecule has 3 rings (SSSR count). The van der Waals surface area contributed by atoms with Crippen LogP contribution in [0.3, 0.4) is 0 Å². The van der Waals surface area contributed by atoms with Crippen molar-refractivity contribution in [2.24, 2.45) is 0 Å². The molecule has 0 saturated heterocycles. The van der Waals surface area contributed by atoms with Crippen LogP contribution in [0.1, 0.15) is 16.8 Å². The third-order valence-electron chi connectivity index (χ3n) is 3.38. The first-order valence-corrected chi connectivity index (χ1v) is 6.03.